The zero-order valence-electron chi connectivity index (χ0n) is 29.6. The van der Waals surface area contributed by atoms with E-state index in [2.05, 4.69) is 97.6 Å². The summed E-state index contributed by atoms with van der Waals surface area (Å²) in [5, 5.41) is 4.08. The Labute approximate surface area is 311 Å². The third-order valence-electron chi connectivity index (χ3n) is 10.9. The van der Waals surface area contributed by atoms with Crippen molar-refractivity contribution in [3.8, 4) is 33.9 Å². The van der Waals surface area contributed by atoms with Crippen LogP contribution in [0.4, 0.5) is 17.3 Å². The Kier molecular flexibility index (Phi) is 6.49. The van der Waals surface area contributed by atoms with E-state index in [0.717, 1.165) is 66.4 Å². The van der Waals surface area contributed by atoms with Gasteiger partial charge in [0, 0.05) is 38.4 Å². The molecule has 0 spiro atoms. The predicted octanol–water partition coefficient (Wildman–Crippen LogP) is 12.8. The molecule has 0 N–H and O–H groups in total. The van der Waals surface area contributed by atoms with Crippen molar-refractivity contribution in [3.63, 3.8) is 0 Å². The average molecular weight is 697 g/mol. The normalized spacial score (nSPS) is 13.1. The van der Waals surface area contributed by atoms with Crippen LogP contribution < -0.4 is 4.90 Å². The van der Waals surface area contributed by atoms with Crippen LogP contribution in [0, 0.1) is 0 Å². The van der Waals surface area contributed by atoms with Gasteiger partial charge in [-0.2, -0.15) is 9.97 Å². The van der Waals surface area contributed by atoms with Gasteiger partial charge in [-0.1, -0.05) is 117 Å². The summed E-state index contributed by atoms with van der Waals surface area (Å²) < 4.78 is 12.6. The fourth-order valence-electron chi connectivity index (χ4n) is 8.50. The van der Waals surface area contributed by atoms with Crippen LogP contribution in [0.5, 0.6) is 0 Å². The molecule has 0 aliphatic heterocycles. The van der Waals surface area contributed by atoms with Gasteiger partial charge in [0.2, 0.25) is 5.95 Å². The van der Waals surface area contributed by atoms with E-state index in [1.54, 1.807) is 0 Å². The first kappa shape index (κ1) is 30.6. The lowest BCUT2D eigenvalue weighted by Gasteiger charge is -2.26. The van der Waals surface area contributed by atoms with Crippen molar-refractivity contribution >= 4 is 61.2 Å². The Hall–Kier alpha value is -7.05. The summed E-state index contributed by atoms with van der Waals surface area (Å²) in [6, 6.07) is 54.1. The quantitative estimate of drug-likeness (QED) is 0.178. The van der Waals surface area contributed by atoms with Gasteiger partial charge >= 0.3 is 0 Å². The Bertz CT molecular complexity index is 3100. The number of rotatable bonds is 5. The molecule has 7 aromatic carbocycles. The molecule has 0 unspecified atom stereocenters. The molecule has 3 heterocycles. The molecule has 256 valence electrons. The summed E-state index contributed by atoms with van der Waals surface area (Å²) in [6.07, 6.45) is 0. The highest BCUT2D eigenvalue weighted by Crippen LogP contribution is 2.52. The maximum absolute atomic E-state index is 6.38. The summed E-state index contributed by atoms with van der Waals surface area (Å²) in [7, 11) is 0. The molecule has 6 nitrogen and oxygen atoms in total. The first-order valence-corrected chi connectivity index (χ1v) is 18.2. The number of fused-ring (bicyclic) bond motifs is 9. The molecular formula is C48H32N4O2. The first-order chi connectivity index (χ1) is 26.5. The predicted molar refractivity (Wildman–Crippen MR) is 218 cm³/mol. The molecule has 0 saturated heterocycles. The van der Waals surface area contributed by atoms with Crippen molar-refractivity contribution < 1.29 is 8.83 Å². The van der Waals surface area contributed by atoms with Crippen molar-refractivity contribution in [3.05, 3.63) is 169 Å². The van der Waals surface area contributed by atoms with Gasteiger partial charge in [0.15, 0.2) is 11.6 Å². The maximum Gasteiger partial charge on any atom is 0.238 e. The van der Waals surface area contributed by atoms with E-state index in [-0.39, 0.29) is 5.41 Å². The molecule has 0 saturated carbocycles. The lowest BCUT2D eigenvalue weighted by atomic mass is 9.80. The lowest BCUT2D eigenvalue weighted by Crippen LogP contribution is -2.18. The molecule has 6 heteroatoms. The number of nitrogens with zero attached hydrogens (tertiary/aromatic N) is 4. The SMILES string of the molecule is CC1(C)c2ccccc2-c2cccc(-c3nc(-c4ccc5oc6ccccc6c5c4)nc(N(c4ccccc4)c4cccc5oc6ccccc6c45)n3)c21. The Morgan fingerprint density at radius 3 is 1.98 bits per heavy atom. The molecule has 0 radical (unpaired) electrons. The topological polar surface area (TPSA) is 68.2 Å². The molecule has 0 fully saturated rings. The second-order valence-electron chi connectivity index (χ2n) is 14.4. The molecule has 1 aliphatic rings. The van der Waals surface area contributed by atoms with Crippen LogP contribution in [0.2, 0.25) is 0 Å². The number of hydrogen-bond donors (Lipinski definition) is 0. The van der Waals surface area contributed by atoms with Gasteiger partial charge in [-0.15, -0.1) is 0 Å². The van der Waals surface area contributed by atoms with E-state index in [4.69, 9.17) is 23.8 Å². The van der Waals surface area contributed by atoms with Crippen LogP contribution in [-0.2, 0) is 5.41 Å². The van der Waals surface area contributed by atoms with Gasteiger partial charge in [-0.25, -0.2) is 4.98 Å². The number of aromatic nitrogens is 3. The summed E-state index contributed by atoms with van der Waals surface area (Å²) in [4.78, 5) is 18.2. The van der Waals surface area contributed by atoms with Crippen molar-refractivity contribution in [1.82, 2.24) is 15.0 Å². The largest absolute Gasteiger partial charge is 0.456 e. The zero-order chi connectivity index (χ0) is 36.0. The number of anilines is 3. The van der Waals surface area contributed by atoms with Crippen LogP contribution in [-0.4, -0.2) is 15.0 Å². The summed E-state index contributed by atoms with van der Waals surface area (Å²) in [6.45, 7) is 4.59. The minimum Gasteiger partial charge on any atom is -0.456 e. The standard InChI is InChI=1S/C48H32N4O2/c1-48(2)37-21-9-6-16-31(37)33-19-12-20-35(44(33)48)46-49-45(29-26-27-41-36(28-29)32-17-7-10-23-39(32)53-41)50-47(51-46)52(30-14-4-3-5-15-30)38-22-13-25-42-43(38)34-18-8-11-24-40(34)54-42/h3-28H,1-2H3. The number of furan rings is 2. The van der Waals surface area contributed by atoms with Crippen molar-refractivity contribution in [2.45, 2.75) is 19.3 Å². The average Bonchev–Trinajstić information content (AvgIpc) is 3.86. The van der Waals surface area contributed by atoms with Crippen molar-refractivity contribution in [2.75, 3.05) is 4.90 Å². The van der Waals surface area contributed by atoms with Gasteiger partial charge < -0.3 is 8.83 Å². The molecule has 54 heavy (non-hydrogen) atoms. The van der Waals surface area contributed by atoms with Gasteiger partial charge in [0.25, 0.3) is 0 Å². The lowest BCUT2D eigenvalue weighted by molar-refractivity contribution is 0.661. The number of para-hydroxylation sites is 3. The molecular weight excluding hydrogens is 665 g/mol. The van der Waals surface area contributed by atoms with E-state index in [1.165, 1.54) is 22.3 Å². The highest BCUT2D eigenvalue weighted by Gasteiger charge is 2.38. The fourth-order valence-corrected chi connectivity index (χ4v) is 8.50. The third-order valence-corrected chi connectivity index (χ3v) is 10.9. The van der Waals surface area contributed by atoms with Crippen molar-refractivity contribution in [1.29, 1.82) is 0 Å². The van der Waals surface area contributed by atoms with E-state index in [1.807, 2.05) is 78.9 Å². The van der Waals surface area contributed by atoms with Gasteiger partial charge in [0.1, 0.15) is 22.3 Å². The second-order valence-corrected chi connectivity index (χ2v) is 14.4. The first-order valence-electron chi connectivity index (χ1n) is 18.2. The Balaban J connectivity index is 1.21. The number of hydrogen-bond acceptors (Lipinski definition) is 6. The molecule has 10 aromatic rings. The molecule has 11 rings (SSSR count). The zero-order valence-corrected chi connectivity index (χ0v) is 29.6. The molecule has 1 aliphatic carbocycles. The van der Waals surface area contributed by atoms with Crippen LogP contribution >= 0.6 is 0 Å². The summed E-state index contributed by atoms with van der Waals surface area (Å²) >= 11 is 0. The van der Waals surface area contributed by atoms with E-state index < -0.39 is 0 Å². The minimum atomic E-state index is -0.273. The van der Waals surface area contributed by atoms with Gasteiger partial charge in [-0.05, 0) is 76.9 Å². The molecule has 0 bridgehead atoms. The van der Waals surface area contributed by atoms with Crippen molar-refractivity contribution in [2.24, 2.45) is 0 Å². The van der Waals surface area contributed by atoms with Crippen LogP contribution in [0.15, 0.2) is 167 Å². The molecule has 3 aromatic heterocycles. The molecule has 0 atom stereocenters. The van der Waals surface area contributed by atoms with Crippen LogP contribution in [0.1, 0.15) is 25.0 Å². The Morgan fingerprint density at radius 1 is 0.481 bits per heavy atom. The van der Waals surface area contributed by atoms with E-state index in [9.17, 15) is 0 Å². The monoisotopic (exact) mass is 696 g/mol. The Morgan fingerprint density at radius 2 is 1.11 bits per heavy atom. The summed E-state index contributed by atoms with van der Waals surface area (Å²) in [5.41, 5.74) is 11.6. The third kappa shape index (κ3) is 4.50. The van der Waals surface area contributed by atoms with Gasteiger partial charge in [0.05, 0.1) is 11.1 Å². The minimum absolute atomic E-state index is 0.273. The van der Waals surface area contributed by atoms with Gasteiger partial charge in [-0.3, -0.25) is 4.90 Å². The maximum atomic E-state index is 6.38. The van der Waals surface area contributed by atoms with Crippen LogP contribution in [0.3, 0.4) is 0 Å². The van der Waals surface area contributed by atoms with E-state index >= 15 is 0 Å². The highest BCUT2D eigenvalue weighted by atomic mass is 16.3. The van der Waals surface area contributed by atoms with E-state index in [0.29, 0.717) is 17.6 Å². The summed E-state index contributed by atoms with van der Waals surface area (Å²) in [5.74, 6) is 1.68. The fraction of sp³-hybridized carbons (Fsp3) is 0.0625. The smallest absolute Gasteiger partial charge is 0.238 e. The molecule has 0 amide bonds. The van der Waals surface area contributed by atoms with Crippen LogP contribution in [0.25, 0.3) is 77.8 Å². The second kappa shape index (κ2) is 11.5. The number of benzene rings is 7. The highest BCUT2D eigenvalue weighted by molar-refractivity contribution is 6.13.